The Morgan fingerprint density at radius 2 is 2.46 bits per heavy atom. The maximum atomic E-state index is 10.1. The minimum absolute atomic E-state index is 0.496. The number of nitrogens with zero attached hydrogens (tertiary/aromatic N) is 3. The predicted molar refractivity (Wildman–Crippen MR) is 46.4 cm³/mol. The smallest absolute Gasteiger partial charge is 0.240 e. The first-order chi connectivity index (χ1) is 6.31. The average molecular weight is 174 g/mol. The lowest BCUT2D eigenvalue weighted by molar-refractivity contribution is 0.565. The lowest BCUT2D eigenvalue weighted by Gasteiger charge is -1.90. The SMILES string of the molecule is Cc1ncc2[nH]cc(N=C=O)c2n1. The number of aryl methyl sites for hydroxylation is 1. The number of aromatic nitrogens is 3. The zero-order valence-corrected chi connectivity index (χ0v) is 6.90. The number of hydrogen-bond donors (Lipinski definition) is 1. The first-order valence-corrected chi connectivity index (χ1v) is 3.70. The monoisotopic (exact) mass is 174 g/mol. The molecule has 0 amide bonds. The van der Waals surface area contributed by atoms with Crippen molar-refractivity contribution < 1.29 is 4.79 Å². The number of fused-ring (bicyclic) bond motifs is 1. The fraction of sp³-hybridized carbons (Fsp3) is 0.125. The number of aliphatic imine (C=N–C) groups is 1. The van der Waals surface area contributed by atoms with Crippen molar-refractivity contribution >= 4 is 22.8 Å². The van der Waals surface area contributed by atoms with E-state index in [1.165, 1.54) is 6.08 Å². The van der Waals surface area contributed by atoms with Crippen LogP contribution in [0.2, 0.25) is 0 Å². The van der Waals surface area contributed by atoms with E-state index in [1.807, 2.05) is 0 Å². The zero-order valence-electron chi connectivity index (χ0n) is 6.90. The normalized spacial score (nSPS) is 9.92. The van der Waals surface area contributed by atoms with Gasteiger partial charge in [0.1, 0.15) is 17.0 Å². The average Bonchev–Trinajstić information content (AvgIpc) is 2.49. The van der Waals surface area contributed by atoms with Gasteiger partial charge in [0.05, 0.1) is 11.7 Å². The van der Waals surface area contributed by atoms with Gasteiger partial charge in [-0.25, -0.2) is 14.8 Å². The van der Waals surface area contributed by atoms with E-state index in [9.17, 15) is 4.79 Å². The highest BCUT2D eigenvalue weighted by atomic mass is 16.1. The van der Waals surface area contributed by atoms with Gasteiger partial charge in [0.2, 0.25) is 6.08 Å². The van der Waals surface area contributed by atoms with Crippen molar-refractivity contribution in [2.45, 2.75) is 6.92 Å². The number of H-pyrrole nitrogens is 1. The predicted octanol–water partition coefficient (Wildman–Crippen LogP) is 1.23. The topological polar surface area (TPSA) is 71.0 Å². The molecule has 2 aromatic rings. The van der Waals surface area contributed by atoms with Crippen LogP contribution >= 0.6 is 0 Å². The largest absolute Gasteiger partial charge is 0.357 e. The number of isocyanates is 1. The van der Waals surface area contributed by atoms with Gasteiger partial charge < -0.3 is 4.98 Å². The molecule has 0 fully saturated rings. The third kappa shape index (κ3) is 1.21. The van der Waals surface area contributed by atoms with Gasteiger partial charge in [-0.1, -0.05) is 0 Å². The molecular weight excluding hydrogens is 168 g/mol. The van der Waals surface area contributed by atoms with Crippen molar-refractivity contribution in [3.05, 3.63) is 18.2 Å². The highest BCUT2D eigenvalue weighted by Gasteiger charge is 2.03. The molecule has 5 nitrogen and oxygen atoms in total. The molecule has 0 aromatic carbocycles. The molecule has 2 aromatic heterocycles. The molecule has 1 N–H and O–H groups in total. The third-order valence-electron chi connectivity index (χ3n) is 1.68. The zero-order chi connectivity index (χ0) is 9.26. The molecule has 0 aliphatic rings. The molecule has 0 atom stereocenters. The standard InChI is InChI=1S/C8H6N4O/c1-5-9-2-6-8(12-5)7(3-10-6)11-4-13/h2-3,10H,1H3. The Morgan fingerprint density at radius 1 is 1.62 bits per heavy atom. The minimum atomic E-state index is 0.496. The number of aromatic amines is 1. The van der Waals surface area contributed by atoms with Gasteiger partial charge in [0, 0.05) is 6.20 Å². The maximum Gasteiger partial charge on any atom is 0.240 e. The van der Waals surface area contributed by atoms with Crippen LogP contribution in [-0.2, 0) is 4.79 Å². The number of carbonyl (C=O) groups excluding carboxylic acids is 1. The summed E-state index contributed by atoms with van der Waals surface area (Å²) in [4.78, 5) is 24.6. The summed E-state index contributed by atoms with van der Waals surface area (Å²) in [5.74, 6) is 0.648. The van der Waals surface area contributed by atoms with Crippen LogP contribution in [0.1, 0.15) is 5.82 Å². The van der Waals surface area contributed by atoms with Gasteiger partial charge in [-0.2, -0.15) is 4.99 Å². The van der Waals surface area contributed by atoms with Gasteiger partial charge in [-0.05, 0) is 6.92 Å². The summed E-state index contributed by atoms with van der Waals surface area (Å²) >= 11 is 0. The molecular formula is C8H6N4O. The summed E-state index contributed by atoms with van der Waals surface area (Å²) in [6, 6.07) is 0. The fourth-order valence-corrected chi connectivity index (χ4v) is 1.12. The van der Waals surface area contributed by atoms with Crippen molar-refractivity contribution in [3.63, 3.8) is 0 Å². The van der Waals surface area contributed by atoms with Crippen molar-refractivity contribution in [2.24, 2.45) is 4.99 Å². The van der Waals surface area contributed by atoms with E-state index in [4.69, 9.17) is 0 Å². The first-order valence-electron chi connectivity index (χ1n) is 3.70. The Balaban J connectivity index is 2.78. The molecule has 0 spiro atoms. The van der Waals surface area contributed by atoms with Crippen LogP contribution in [0.3, 0.4) is 0 Å². The molecule has 5 heteroatoms. The Bertz CT molecular complexity index is 496. The van der Waals surface area contributed by atoms with Crippen LogP contribution in [0.5, 0.6) is 0 Å². The second-order valence-corrected chi connectivity index (χ2v) is 2.56. The molecule has 2 heterocycles. The Labute approximate surface area is 73.5 Å². The van der Waals surface area contributed by atoms with Crippen molar-refractivity contribution in [3.8, 4) is 0 Å². The number of rotatable bonds is 1. The van der Waals surface area contributed by atoms with E-state index in [2.05, 4.69) is 19.9 Å². The molecule has 0 aliphatic carbocycles. The van der Waals surface area contributed by atoms with Gasteiger partial charge >= 0.3 is 0 Å². The van der Waals surface area contributed by atoms with E-state index >= 15 is 0 Å². The lowest BCUT2D eigenvalue weighted by atomic mass is 10.4. The lowest BCUT2D eigenvalue weighted by Crippen LogP contribution is -1.85. The maximum absolute atomic E-state index is 10.1. The second kappa shape index (κ2) is 2.80. The van der Waals surface area contributed by atoms with Gasteiger partial charge in [-0.3, -0.25) is 0 Å². The van der Waals surface area contributed by atoms with E-state index in [1.54, 1.807) is 19.3 Å². The molecule has 64 valence electrons. The third-order valence-corrected chi connectivity index (χ3v) is 1.68. The summed E-state index contributed by atoms with van der Waals surface area (Å²) in [6.45, 7) is 1.78. The fourth-order valence-electron chi connectivity index (χ4n) is 1.12. The van der Waals surface area contributed by atoms with Crippen molar-refractivity contribution in [1.82, 2.24) is 15.0 Å². The summed E-state index contributed by atoms with van der Waals surface area (Å²) in [5, 5.41) is 0. The molecule has 0 aliphatic heterocycles. The Morgan fingerprint density at radius 3 is 3.23 bits per heavy atom. The summed E-state index contributed by atoms with van der Waals surface area (Å²) in [7, 11) is 0. The number of hydrogen-bond acceptors (Lipinski definition) is 4. The van der Waals surface area contributed by atoms with Crippen LogP contribution in [0.15, 0.2) is 17.4 Å². The molecule has 0 unspecified atom stereocenters. The molecule has 13 heavy (non-hydrogen) atoms. The number of nitrogens with one attached hydrogen (secondary N) is 1. The summed E-state index contributed by atoms with van der Waals surface area (Å²) in [6.07, 6.45) is 4.73. The quantitative estimate of drug-likeness (QED) is 0.522. The Kier molecular flexibility index (Phi) is 1.65. The molecule has 0 saturated heterocycles. The molecule has 0 bridgehead atoms. The van der Waals surface area contributed by atoms with Crippen molar-refractivity contribution in [2.75, 3.05) is 0 Å². The van der Waals surface area contributed by atoms with E-state index < -0.39 is 0 Å². The molecule has 0 saturated carbocycles. The van der Waals surface area contributed by atoms with Crippen LogP contribution in [-0.4, -0.2) is 21.0 Å². The van der Waals surface area contributed by atoms with Gasteiger partial charge in [0.15, 0.2) is 0 Å². The van der Waals surface area contributed by atoms with Crippen LogP contribution < -0.4 is 0 Å². The Hall–Kier alpha value is -2.00. The highest BCUT2D eigenvalue weighted by Crippen LogP contribution is 2.22. The van der Waals surface area contributed by atoms with E-state index in [0.717, 1.165) is 5.52 Å². The molecule has 0 radical (unpaired) electrons. The molecule has 2 rings (SSSR count). The second-order valence-electron chi connectivity index (χ2n) is 2.56. The van der Waals surface area contributed by atoms with Crippen LogP contribution in [0, 0.1) is 6.92 Å². The van der Waals surface area contributed by atoms with E-state index in [-0.39, 0.29) is 0 Å². The van der Waals surface area contributed by atoms with Crippen LogP contribution in [0.4, 0.5) is 5.69 Å². The van der Waals surface area contributed by atoms with Gasteiger partial charge in [-0.15, -0.1) is 0 Å². The van der Waals surface area contributed by atoms with E-state index in [0.29, 0.717) is 17.0 Å². The summed E-state index contributed by atoms with van der Waals surface area (Å²) < 4.78 is 0. The van der Waals surface area contributed by atoms with Gasteiger partial charge in [0.25, 0.3) is 0 Å². The first kappa shape index (κ1) is 7.64. The van der Waals surface area contributed by atoms with Crippen molar-refractivity contribution in [1.29, 1.82) is 0 Å². The minimum Gasteiger partial charge on any atom is -0.357 e. The summed E-state index contributed by atoms with van der Waals surface area (Å²) in [5.41, 5.74) is 1.91. The van der Waals surface area contributed by atoms with Crippen LogP contribution in [0.25, 0.3) is 11.0 Å². The highest BCUT2D eigenvalue weighted by molar-refractivity contribution is 5.87.